The minimum absolute atomic E-state index is 0.0559. The normalized spacial score (nSPS) is 12.1. The Morgan fingerprint density at radius 2 is 2.04 bits per heavy atom. The highest BCUT2D eigenvalue weighted by atomic mass is 16.2. The molecule has 1 unspecified atom stereocenters. The van der Waals surface area contributed by atoms with E-state index in [9.17, 15) is 9.59 Å². The van der Waals surface area contributed by atoms with Crippen molar-refractivity contribution >= 4 is 17.3 Å². The van der Waals surface area contributed by atoms with Gasteiger partial charge in [-0.15, -0.1) is 0 Å². The van der Waals surface area contributed by atoms with Crippen molar-refractivity contribution in [2.45, 2.75) is 46.1 Å². The summed E-state index contributed by atoms with van der Waals surface area (Å²) in [6.07, 6.45) is 4.50. The zero-order valence-electron chi connectivity index (χ0n) is 13.9. The lowest BCUT2D eigenvalue weighted by Gasteiger charge is -2.10. The lowest BCUT2D eigenvalue weighted by Crippen LogP contribution is -2.33. The summed E-state index contributed by atoms with van der Waals surface area (Å²) in [5.41, 5.74) is 0.923. The van der Waals surface area contributed by atoms with Crippen LogP contribution in [0.1, 0.15) is 61.1 Å². The van der Waals surface area contributed by atoms with Gasteiger partial charge in [-0.05, 0) is 31.9 Å². The van der Waals surface area contributed by atoms with E-state index >= 15 is 0 Å². The maximum Gasteiger partial charge on any atom is 0.287 e. The van der Waals surface area contributed by atoms with Crippen LogP contribution in [0.3, 0.4) is 0 Å². The second-order valence-electron chi connectivity index (χ2n) is 5.63. The van der Waals surface area contributed by atoms with Crippen molar-refractivity contribution < 1.29 is 9.59 Å². The maximum absolute atomic E-state index is 12.4. The van der Waals surface area contributed by atoms with Crippen molar-refractivity contribution in [1.29, 1.82) is 0 Å². The Kier molecular flexibility index (Phi) is 5.73. The van der Waals surface area contributed by atoms with Crippen molar-refractivity contribution in [2.24, 2.45) is 0 Å². The third-order valence-electron chi connectivity index (χ3n) is 3.77. The van der Waals surface area contributed by atoms with Crippen LogP contribution < -0.4 is 10.6 Å². The van der Waals surface area contributed by atoms with Gasteiger partial charge < -0.3 is 10.6 Å². The van der Waals surface area contributed by atoms with Gasteiger partial charge in [-0.1, -0.05) is 26.3 Å². The molecule has 124 valence electrons. The number of amides is 2. The van der Waals surface area contributed by atoms with E-state index < -0.39 is 0 Å². The number of pyridine rings is 1. The molecule has 0 radical (unpaired) electrons. The molecule has 23 heavy (non-hydrogen) atoms. The number of aromatic nitrogens is 2. The number of fused-ring (bicyclic) bond motifs is 1. The first-order valence-electron chi connectivity index (χ1n) is 8.14. The molecule has 6 heteroatoms. The number of nitrogens with one attached hydrogen (secondary N) is 2. The van der Waals surface area contributed by atoms with Gasteiger partial charge in [-0.2, -0.15) is 0 Å². The summed E-state index contributed by atoms with van der Waals surface area (Å²) < 4.78 is 1.66. The van der Waals surface area contributed by atoms with Crippen LogP contribution in [0, 0.1) is 0 Å². The first-order chi connectivity index (χ1) is 11.1. The van der Waals surface area contributed by atoms with Crippen LogP contribution in [-0.4, -0.2) is 33.8 Å². The molecule has 0 bridgehead atoms. The van der Waals surface area contributed by atoms with E-state index in [-0.39, 0.29) is 29.4 Å². The van der Waals surface area contributed by atoms with Gasteiger partial charge in [0.25, 0.3) is 11.8 Å². The number of imidazole rings is 1. The second kappa shape index (κ2) is 7.76. The summed E-state index contributed by atoms with van der Waals surface area (Å²) in [5.74, 6) is -0.278. The Balaban J connectivity index is 2.32. The van der Waals surface area contributed by atoms with E-state index in [1.807, 2.05) is 26.0 Å². The molecule has 2 aromatic rings. The second-order valence-corrected chi connectivity index (χ2v) is 5.63. The highest BCUT2D eigenvalue weighted by molar-refractivity contribution is 6.02. The maximum atomic E-state index is 12.4. The van der Waals surface area contributed by atoms with E-state index in [1.165, 1.54) is 0 Å². The molecule has 2 aromatic heterocycles. The van der Waals surface area contributed by atoms with Gasteiger partial charge in [0, 0.05) is 18.8 Å². The molecule has 0 aliphatic heterocycles. The van der Waals surface area contributed by atoms with Crippen molar-refractivity contribution in [3.05, 3.63) is 35.9 Å². The lowest BCUT2D eigenvalue weighted by molar-refractivity contribution is 0.0928. The molecule has 2 heterocycles. The van der Waals surface area contributed by atoms with E-state index in [0.29, 0.717) is 12.1 Å². The molecule has 0 saturated heterocycles. The molecule has 1 atom stereocenters. The monoisotopic (exact) mass is 316 g/mol. The molecule has 0 aliphatic rings. The van der Waals surface area contributed by atoms with E-state index in [0.717, 1.165) is 19.3 Å². The van der Waals surface area contributed by atoms with Crippen LogP contribution in [0.2, 0.25) is 0 Å². The molecular formula is C17H24N4O2. The number of unbranched alkanes of at least 4 members (excludes halogenated alkanes) is 1. The van der Waals surface area contributed by atoms with Crippen LogP contribution in [0.5, 0.6) is 0 Å². The average molecular weight is 316 g/mol. The zero-order chi connectivity index (χ0) is 16.8. The summed E-state index contributed by atoms with van der Waals surface area (Å²) in [7, 11) is 0. The van der Waals surface area contributed by atoms with E-state index in [4.69, 9.17) is 0 Å². The fraction of sp³-hybridized carbons (Fsp3) is 0.471. The van der Waals surface area contributed by atoms with E-state index in [2.05, 4.69) is 22.5 Å². The molecule has 0 aromatic carbocycles. The summed E-state index contributed by atoms with van der Waals surface area (Å²) in [6, 6.07) is 5.49. The molecule has 2 rings (SSSR count). The molecule has 0 spiro atoms. The van der Waals surface area contributed by atoms with Crippen LogP contribution in [0.25, 0.3) is 5.52 Å². The van der Waals surface area contributed by atoms with Gasteiger partial charge in [-0.3, -0.25) is 14.0 Å². The minimum atomic E-state index is -0.270. The topological polar surface area (TPSA) is 75.5 Å². The van der Waals surface area contributed by atoms with Gasteiger partial charge in [0.05, 0.1) is 5.52 Å². The Labute approximate surface area is 136 Å². The van der Waals surface area contributed by atoms with Crippen molar-refractivity contribution in [3.63, 3.8) is 0 Å². The lowest BCUT2D eigenvalue weighted by atomic mass is 10.2. The van der Waals surface area contributed by atoms with Gasteiger partial charge >= 0.3 is 0 Å². The highest BCUT2D eigenvalue weighted by Gasteiger charge is 2.21. The number of carbonyl (C=O) groups excluding carboxylic acids is 2. The van der Waals surface area contributed by atoms with Crippen molar-refractivity contribution in [3.8, 4) is 0 Å². The first kappa shape index (κ1) is 17.0. The zero-order valence-corrected chi connectivity index (χ0v) is 13.9. The number of hydrogen-bond donors (Lipinski definition) is 2. The summed E-state index contributed by atoms with van der Waals surface area (Å²) in [6.45, 7) is 6.61. The highest BCUT2D eigenvalue weighted by Crippen LogP contribution is 2.13. The summed E-state index contributed by atoms with van der Waals surface area (Å²) in [4.78, 5) is 29.0. The van der Waals surface area contributed by atoms with E-state index in [1.54, 1.807) is 16.7 Å². The van der Waals surface area contributed by atoms with Gasteiger partial charge in [0.1, 0.15) is 0 Å². The molecular weight excluding hydrogens is 292 g/mol. The third kappa shape index (κ3) is 3.88. The van der Waals surface area contributed by atoms with Crippen LogP contribution in [0.4, 0.5) is 0 Å². The Bertz CT molecular complexity index is 693. The number of hydrogen-bond acceptors (Lipinski definition) is 3. The van der Waals surface area contributed by atoms with Crippen LogP contribution >= 0.6 is 0 Å². The van der Waals surface area contributed by atoms with Gasteiger partial charge in [-0.25, -0.2) is 4.98 Å². The predicted molar refractivity (Wildman–Crippen MR) is 89.7 cm³/mol. The Hall–Kier alpha value is -2.37. The first-order valence-corrected chi connectivity index (χ1v) is 8.14. The number of rotatable bonds is 7. The average Bonchev–Trinajstić information content (AvgIpc) is 2.94. The molecule has 0 aliphatic carbocycles. The third-order valence-corrected chi connectivity index (χ3v) is 3.77. The van der Waals surface area contributed by atoms with Crippen molar-refractivity contribution in [2.75, 3.05) is 6.54 Å². The number of nitrogens with zero attached hydrogens (tertiary/aromatic N) is 2. The quantitative estimate of drug-likeness (QED) is 0.770. The SMILES string of the molecule is CCCCNC(=O)c1nc(C(=O)NC(C)CC)n2ccccc12. The van der Waals surface area contributed by atoms with Gasteiger partial charge in [0.15, 0.2) is 5.69 Å². The molecule has 0 saturated carbocycles. The van der Waals surface area contributed by atoms with Crippen LogP contribution in [0.15, 0.2) is 24.4 Å². The molecule has 0 fully saturated rings. The standard InChI is InChI=1S/C17H24N4O2/c1-4-6-10-18-16(22)14-13-9-7-8-11-21(13)15(20-14)17(23)19-12(3)5-2/h7-9,11-12H,4-6,10H2,1-3H3,(H,18,22)(H,19,23). The fourth-order valence-corrected chi connectivity index (χ4v) is 2.22. The predicted octanol–water partition coefficient (Wildman–Crippen LogP) is 2.39. The largest absolute Gasteiger partial charge is 0.351 e. The number of carbonyl (C=O) groups is 2. The van der Waals surface area contributed by atoms with Crippen molar-refractivity contribution in [1.82, 2.24) is 20.0 Å². The minimum Gasteiger partial charge on any atom is -0.351 e. The Morgan fingerprint density at radius 1 is 1.26 bits per heavy atom. The molecule has 6 nitrogen and oxygen atoms in total. The smallest absolute Gasteiger partial charge is 0.287 e. The van der Waals surface area contributed by atoms with Gasteiger partial charge in [0.2, 0.25) is 5.82 Å². The molecule has 2 N–H and O–H groups in total. The van der Waals surface area contributed by atoms with Crippen LogP contribution in [-0.2, 0) is 0 Å². The fourth-order valence-electron chi connectivity index (χ4n) is 2.22. The summed E-state index contributed by atoms with van der Waals surface area (Å²) >= 11 is 0. The summed E-state index contributed by atoms with van der Waals surface area (Å²) in [5, 5.41) is 5.74. The molecule has 2 amide bonds. The Morgan fingerprint density at radius 3 is 2.74 bits per heavy atom.